The molecule has 0 aliphatic carbocycles. The van der Waals surface area contributed by atoms with Gasteiger partial charge in [0, 0.05) is 11.3 Å². The second kappa shape index (κ2) is 4.06. The molecule has 0 bridgehead atoms. The van der Waals surface area contributed by atoms with Crippen LogP contribution in [0.25, 0.3) is 11.1 Å². The zero-order chi connectivity index (χ0) is 11.5. The number of benzene rings is 2. The van der Waals surface area contributed by atoms with E-state index < -0.39 is 5.91 Å². The van der Waals surface area contributed by atoms with Crippen LogP contribution >= 0.6 is 0 Å². The van der Waals surface area contributed by atoms with Crippen molar-refractivity contribution in [2.24, 2.45) is 5.73 Å². The van der Waals surface area contributed by atoms with Crippen molar-refractivity contribution in [1.82, 2.24) is 0 Å². The van der Waals surface area contributed by atoms with Crippen molar-refractivity contribution in [2.45, 2.75) is 0 Å². The van der Waals surface area contributed by atoms with Gasteiger partial charge >= 0.3 is 0 Å². The lowest BCUT2D eigenvalue weighted by atomic mass is 9.99. The van der Waals surface area contributed by atoms with Crippen molar-refractivity contribution in [3.63, 3.8) is 0 Å². The van der Waals surface area contributed by atoms with Gasteiger partial charge in [-0.2, -0.15) is 0 Å². The fourth-order valence-corrected chi connectivity index (χ4v) is 1.58. The molecule has 1 radical (unpaired) electrons. The fraction of sp³-hybridized carbons (Fsp3) is 0. The summed E-state index contributed by atoms with van der Waals surface area (Å²) in [5.74, 6) is -0.456. The summed E-state index contributed by atoms with van der Waals surface area (Å²) in [6.07, 6.45) is 0. The molecule has 3 heteroatoms. The number of rotatable bonds is 2. The van der Waals surface area contributed by atoms with Gasteiger partial charge < -0.3 is 11.5 Å². The number of carbonyl (C=O) groups excluding carboxylic acids is 1. The summed E-state index contributed by atoms with van der Waals surface area (Å²) in [5, 5.41) is 0. The van der Waals surface area contributed by atoms with Gasteiger partial charge in [-0.25, -0.2) is 0 Å². The molecule has 0 aliphatic heterocycles. The molecule has 0 atom stereocenters. The highest BCUT2D eigenvalue weighted by atomic mass is 16.1. The number of amides is 1. The van der Waals surface area contributed by atoms with Crippen LogP contribution in [-0.2, 0) is 0 Å². The van der Waals surface area contributed by atoms with Crippen LogP contribution in [0.15, 0.2) is 42.5 Å². The summed E-state index contributed by atoms with van der Waals surface area (Å²) in [6, 6.07) is 15.3. The van der Waals surface area contributed by atoms with Gasteiger partial charge in [0.05, 0.1) is 0 Å². The molecule has 0 aliphatic rings. The van der Waals surface area contributed by atoms with Crippen molar-refractivity contribution in [3.05, 3.63) is 54.1 Å². The first-order valence-electron chi connectivity index (χ1n) is 4.84. The number of carbonyl (C=O) groups is 1. The van der Waals surface area contributed by atoms with E-state index in [9.17, 15) is 4.79 Å². The summed E-state index contributed by atoms with van der Waals surface area (Å²) in [6.45, 7) is 0. The van der Waals surface area contributed by atoms with Gasteiger partial charge in [0.25, 0.3) is 0 Å². The van der Waals surface area contributed by atoms with E-state index >= 15 is 0 Å². The Morgan fingerprint density at radius 2 is 1.81 bits per heavy atom. The van der Waals surface area contributed by atoms with Crippen LogP contribution in [0.1, 0.15) is 10.4 Å². The molecule has 2 rings (SSSR count). The number of nitrogens with two attached hydrogens (primary N) is 2. The van der Waals surface area contributed by atoms with Gasteiger partial charge in [0.2, 0.25) is 5.91 Å². The van der Waals surface area contributed by atoms with E-state index in [-0.39, 0.29) is 0 Å². The topological polar surface area (TPSA) is 69.1 Å². The SMILES string of the molecule is NC(=O)c1ccc(N)cc1-c1cc[c]cc1. The smallest absolute Gasteiger partial charge is 0.249 e. The monoisotopic (exact) mass is 211 g/mol. The van der Waals surface area contributed by atoms with Gasteiger partial charge in [-0.15, -0.1) is 0 Å². The van der Waals surface area contributed by atoms with E-state index in [4.69, 9.17) is 11.5 Å². The Hall–Kier alpha value is -2.29. The molecule has 2 aromatic carbocycles. The quantitative estimate of drug-likeness (QED) is 0.744. The lowest BCUT2D eigenvalue weighted by Crippen LogP contribution is -2.12. The zero-order valence-electron chi connectivity index (χ0n) is 8.60. The molecule has 0 spiro atoms. The van der Waals surface area contributed by atoms with Crippen LogP contribution in [0.3, 0.4) is 0 Å². The highest BCUT2D eigenvalue weighted by Crippen LogP contribution is 2.25. The number of anilines is 1. The zero-order valence-corrected chi connectivity index (χ0v) is 8.60. The van der Waals surface area contributed by atoms with Crippen LogP contribution in [0.4, 0.5) is 5.69 Å². The van der Waals surface area contributed by atoms with Crippen molar-refractivity contribution in [1.29, 1.82) is 0 Å². The minimum absolute atomic E-state index is 0.456. The van der Waals surface area contributed by atoms with E-state index in [1.165, 1.54) is 0 Å². The molecule has 0 saturated heterocycles. The Kier molecular flexibility index (Phi) is 2.60. The predicted molar refractivity (Wildman–Crippen MR) is 63.6 cm³/mol. The van der Waals surface area contributed by atoms with Crippen LogP contribution in [0.5, 0.6) is 0 Å². The minimum Gasteiger partial charge on any atom is -0.399 e. The van der Waals surface area contributed by atoms with Crippen molar-refractivity contribution in [2.75, 3.05) is 5.73 Å². The summed E-state index contributed by atoms with van der Waals surface area (Å²) in [4.78, 5) is 11.3. The number of primary amides is 1. The number of hydrogen-bond acceptors (Lipinski definition) is 2. The maximum atomic E-state index is 11.3. The van der Waals surface area contributed by atoms with E-state index in [0.717, 1.165) is 11.1 Å². The third kappa shape index (κ3) is 1.88. The molecule has 0 aromatic heterocycles. The van der Waals surface area contributed by atoms with Crippen LogP contribution in [0, 0.1) is 6.07 Å². The molecule has 79 valence electrons. The Morgan fingerprint density at radius 1 is 1.12 bits per heavy atom. The lowest BCUT2D eigenvalue weighted by Gasteiger charge is -2.07. The van der Waals surface area contributed by atoms with Crippen molar-refractivity contribution >= 4 is 11.6 Å². The Balaban J connectivity index is 2.63. The van der Waals surface area contributed by atoms with Gasteiger partial charge in [-0.3, -0.25) is 4.79 Å². The molecule has 4 N–H and O–H groups in total. The molecular weight excluding hydrogens is 200 g/mol. The Bertz CT molecular complexity index is 521. The van der Waals surface area contributed by atoms with Crippen molar-refractivity contribution in [3.8, 4) is 11.1 Å². The summed E-state index contributed by atoms with van der Waals surface area (Å²) in [5.41, 5.74) is 13.8. The maximum absolute atomic E-state index is 11.3. The second-order valence-corrected chi connectivity index (χ2v) is 3.46. The van der Waals surface area contributed by atoms with Crippen LogP contribution in [0.2, 0.25) is 0 Å². The van der Waals surface area contributed by atoms with E-state index in [1.54, 1.807) is 30.3 Å². The standard InChI is InChI=1S/C13H11N2O/c14-10-6-7-11(13(15)16)12(8-10)9-4-2-1-3-5-9/h2-8H,14H2,(H2,15,16). The highest BCUT2D eigenvalue weighted by Gasteiger charge is 2.09. The Morgan fingerprint density at radius 3 is 2.44 bits per heavy atom. The summed E-state index contributed by atoms with van der Waals surface area (Å²) in [7, 11) is 0. The Labute approximate surface area is 93.7 Å². The van der Waals surface area contributed by atoms with Crippen LogP contribution < -0.4 is 11.5 Å². The molecule has 16 heavy (non-hydrogen) atoms. The molecule has 3 nitrogen and oxygen atoms in total. The van der Waals surface area contributed by atoms with E-state index in [2.05, 4.69) is 6.07 Å². The molecular formula is C13H11N2O. The van der Waals surface area contributed by atoms with Gasteiger partial charge in [0.1, 0.15) is 0 Å². The fourth-order valence-electron chi connectivity index (χ4n) is 1.58. The van der Waals surface area contributed by atoms with Gasteiger partial charge in [-0.1, -0.05) is 24.3 Å². The maximum Gasteiger partial charge on any atom is 0.249 e. The van der Waals surface area contributed by atoms with E-state index in [1.807, 2.05) is 12.1 Å². The third-order valence-corrected chi connectivity index (χ3v) is 2.34. The third-order valence-electron chi connectivity index (χ3n) is 2.34. The summed E-state index contributed by atoms with van der Waals surface area (Å²) < 4.78 is 0. The molecule has 0 saturated carbocycles. The highest BCUT2D eigenvalue weighted by molar-refractivity contribution is 6.00. The first kappa shape index (κ1) is 10.2. The minimum atomic E-state index is -0.456. The second-order valence-electron chi connectivity index (χ2n) is 3.46. The van der Waals surface area contributed by atoms with Gasteiger partial charge in [-0.05, 0) is 35.4 Å². The number of nitrogen functional groups attached to an aromatic ring is 1. The van der Waals surface area contributed by atoms with Crippen LogP contribution in [-0.4, -0.2) is 5.91 Å². The lowest BCUT2D eigenvalue weighted by molar-refractivity contribution is 0.100. The largest absolute Gasteiger partial charge is 0.399 e. The first-order valence-corrected chi connectivity index (χ1v) is 4.84. The molecule has 0 heterocycles. The molecule has 0 unspecified atom stereocenters. The molecule has 2 aromatic rings. The molecule has 1 amide bonds. The average molecular weight is 211 g/mol. The first-order chi connectivity index (χ1) is 7.68. The number of hydrogen-bond donors (Lipinski definition) is 2. The average Bonchev–Trinajstić information content (AvgIpc) is 2.29. The summed E-state index contributed by atoms with van der Waals surface area (Å²) >= 11 is 0. The molecule has 0 fully saturated rings. The van der Waals surface area contributed by atoms with Gasteiger partial charge in [0.15, 0.2) is 0 Å². The normalized spacial score (nSPS) is 10.0. The predicted octanol–water partition coefficient (Wildman–Crippen LogP) is 1.83. The van der Waals surface area contributed by atoms with E-state index in [0.29, 0.717) is 11.3 Å². The van der Waals surface area contributed by atoms with Crippen molar-refractivity contribution < 1.29 is 4.79 Å².